The molecule has 0 amide bonds. The van der Waals surface area contributed by atoms with Gasteiger partial charge in [0.2, 0.25) is 0 Å². The van der Waals surface area contributed by atoms with E-state index in [2.05, 4.69) is 17.2 Å². The highest BCUT2D eigenvalue weighted by atomic mass is 35.5. The Labute approximate surface area is 131 Å². The zero-order valence-corrected chi connectivity index (χ0v) is 13.4. The van der Waals surface area contributed by atoms with Crippen LogP contribution in [0.3, 0.4) is 0 Å². The van der Waals surface area contributed by atoms with Crippen molar-refractivity contribution in [2.75, 3.05) is 13.7 Å². The van der Waals surface area contributed by atoms with Crippen LogP contribution in [-0.4, -0.2) is 18.6 Å². The third-order valence-corrected chi connectivity index (χ3v) is 3.94. The lowest BCUT2D eigenvalue weighted by Crippen LogP contribution is -2.25. The molecule has 1 N–H and O–H groups in total. The summed E-state index contributed by atoms with van der Waals surface area (Å²) in [6.45, 7) is 5.03. The number of halogens is 1. The molecule has 1 unspecified atom stereocenters. The molecule has 0 aliphatic carbocycles. The normalized spacial score (nSPS) is 12.2. The summed E-state index contributed by atoms with van der Waals surface area (Å²) in [5, 5.41) is 4.29. The number of methoxy groups -OCH3 is 1. The molecule has 21 heavy (non-hydrogen) atoms. The van der Waals surface area contributed by atoms with Crippen molar-refractivity contribution in [2.24, 2.45) is 0 Å². The molecule has 2 rings (SSSR count). The molecule has 1 aromatic heterocycles. The summed E-state index contributed by atoms with van der Waals surface area (Å²) >= 11 is 6.50. The van der Waals surface area contributed by atoms with E-state index in [-0.39, 0.29) is 6.04 Å². The monoisotopic (exact) mass is 304 g/mol. The van der Waals surface area contributed by atoms with Crippen LogP contribution in [0.1, 0.15) is 36.2 Å². The first-order chi connectivity index (χ1) is 10.2. The number of ether oxygens (including phenoxy) is 1. The van der Waals surface area contributed by atoms with Gasteiger partial charge in [-0.1, -0.05) is 36.7 Å². The van der Waals surface area contributed by atoms with Gasteiger partial charge in [-0.25, -0.2) is 0 Å². The first kappa shape index (κ1) is 15.8. The standard InChI is InChI=1S/C17H21ClN2O/c1-4-10-19-16(13-8-5-7-12(2)15(13)18)17-14(21-3)9-6-11-20-17/h5-9,11,16,19H,4,10H2,1-3H3. The van der Waals surface area contributed by atoms with Gasteiger partial charge in [-0.15, -0.1) is 0 Å². The number of pyridine rings is 1. The molecular weight excluding hydrogens is 284 g/mol. The molecule has 1 heterocycles. The number of nitrogens with zero attached hydrogens (tertiary/aromatic N) is 1. The molecule has 2 aromatic rings. The highest BCUT2D eigenvalue weighted by Crippen LogP contribution is 2.33. The average molecular weight is 305 g/mol. The van der Waals surface area contributed by atoms with Crippen molar-refractivity contribution in [3.05, 3.63) is 58.4 Å². The first-order valence-corrected chi connectivity index (χ1v) is 7.54. The van der Waals surface area contributed by atoms with E-state index in [4.69, 9.17) is 16.3 Å². The number of hydrogen-bond donors (Lipinski definition) is 1. The average Bonchev–Trinajstić information content (AvgIpc) is 2.52. The van der Waals surface area contributed by atoms with Gasteiger partial charge in [0, 0.05) is 11.2 Å². The van der Waals surface area contributed by atoms with Crippen LogP contribution in [0.2, 0.25) is 5.02 Å². The van der Waals surface area contributed by atoms with Crippen LogP contribution in [0.25, 0.3) is 0 Å². The Morgan fingerprint density at radius 1 is 1.29 bits per heavy atom. The summed E-state index contributed by atoms with van der Waals surface area (Å²) in [6, 6.07) is 9.79. The van der Waals surface area contributed by atoms with Crippen LogP contribution in [0.4, 0.5) is 0 Å². The molecule has 0 radical (unpaired) electrons. The number of nitrogens with one attached hydrogen (secondary N) is 1. The van der Waals surface area contributed by atoms with E-state index in [0.29, 0.717) is 0 Å². The zero-order valence-electron chi connectivity index (χ0n) is 12.7. The quantitative estimate of drug-likeness (QED) is 0.871. The first-order valence-electron chi connectivity index (χ1n) is 7.16. The van der Waals surface area contributed by atoms with Crippen LogP contribution < -0.4 is 10.1 Å². The Morgan fingerprint density at radius 2 is 2.10 bits per heavy atom. The van der Waals surface area contributed by atoms with Gasteiger partial charge in [-0.2, -0.15) is 0 Å². The Balaban J connectivity index is 2.50. The minimum absolute atomic E-state index is 0.0755. The second-order valence-corrected chi connectivity index (χ2v) is 5.33. The minimum atomic E-state index is -0.0755. The van der Waals surface area contributed by atoms with Gasteiger partial charge in [-0.05, 0) is 43.1 Å². The largest absolute Gasteiger partial charge is 0.495 e. The molecule has 0 bridgehead atoms. The number of hydrogen-bond acceptors (Lipinski definition) is 3. The lowest BCUT2D eigenvalue weighted by molar-refractivity contribution is 0.400. The van der Waals surface area contributed by atoms with Gasteiger partial charge < -0.3 is 10.1 Å². The maximum absolute atomic E-state index is 6.50. The summed E-state index contributed by atoms with van der Waals surface area (Å²) in [5.74, 6) is 0.767. The summed E-state index contributed by atoms with van der Waals surface area (Å²) in [4.78, 5) is 4.50. The molecule has 112 valence electrons. The molecule has 0 spiro atoms. The molecule has 4 heteroatoms. The van der Waals surface area contributed by atoms with Gasteiger partial charge in [0.15, 0.2) is 0 Å². The van der Waals surface area contributed by atoms with Crippen molar-refractivity contribution < 1.29 is 4.74 Å². The van der Waals surface area contributed by atoms with Gasteiger partial charge in [0.1, 0.15) is 11.4 Å². The highest BCUT2D eigenvalue weighted by molar-refractivity contribution is 6.32. The molecule has 0 fully saturated rings. The second-order valence-electron chi connectivity index (χ2n) is 4.96. The number of rotatable bonds is 6. The molecule has 0 aliphatic rings. The van der Waals surface area contributed by atoms with Crippen molar-refractivity contribution in [2.45, 2.75) is 26.3 Å². The maximum atomic E-state index is 6.50. The molecular formula is C17H21ClN2O. The topological polar surface area (TPSA) is 34.2 Å². The third-order valence-electron chi connectivity index (χ3n) is 3.42. The van der Waals surface area contributed by atoms with Gasteiger partial charge >= 0.3 is 0 Å². The van der Waals surface area contributed by atoms with E-state index in [1.54, 1.807) is 13.3 Å². The fraction of sp³-hybridized carbons (Fsp3) is 0.353. The lowest BCUT2D eigenvalue weighted by Gasteiger charge is -2.22. The Hall–Kier alpha value is -1.58. The van der Waals surface area contributed by atoms with Crippen LogP contribution in [0.5, 0.6) is 5.75 Å². The van der Waals surface area contributed by atoms with E-state index < -0.39 is 0 Å². The van der Waals surface area contributed by atoms with Crippen LogP contribution in [0, 0.1) is 6.92 Å². The highest BCUT2D eigenvalue weighted by Gasteiger charge is 2.21. The smallest absolute Gasteiger partial charge is 0.142 e. The number of aromatic nitrogens is 1. The van der Waals surface area contributed by atoms with E-state index in [9.17, 15) is 0 Å². The van der Waals surface area contributed by atoms with Gasteiger partial charge in [-0.3, -0.25) is 4.98 Å². The van der Waals surface area contributed by atoms with Crippen LogP contribution >= 0.6 is 11.6 Å². The van der Waals surface area contributed by atoms with E-state index in [1.165, 1.54) is 0 Å². The molecule has 1 aromatic carbocycles. The predicted molar refractivity (Wildman–Crippen MR) is 87.1 cm³/mol. The minimum Gasteiger partial charge on any atom is -0.495 e. The summed E-state index contributed by atoms with van der Waals surface area (Å²) in [7, 11) is 1.66. The van der Waals surface area contributed by atoms with Crippen molar-refractivity contribution >= 4 is 11.6 Å². The Morgan fingerprint density at radius 3 is 2.81 bits per heavy atom. The zero-order chi connectivity index (χ0) is 15.2. The molecule has 0 saturated heterocycles. The van der Waals surface area contributed by atoms with Gasteiger partial charge in [0.25, 0.3) is 0 Å². The third kappa shape index (κ3) is 3.55. The molecule has 3 nitrogen and oxygen atoms in total. The number of aryl methyl sites for hydroxylation is 1. The molecule has 0 saturated carbocycles. The summed E-state index contributed by atoms with van der Waals surface area (Å²) < 4.78 is 5.45. The van der Waals surface area contributed by atoms with Crippen LogP contribution in [-0.2, 0) is 0 Å². The van der Waals surface area contributed by atoms with Crippen molar-refractivity contribution in [1.82, 2.24) is 10.3 Å². The fourth-order valence-corrected chi connectivity index (χ4v) is 2.56. The Bertz CT molecular complexity index is 601. The molecule has 0 aliphatic heterocycles. The second kappa shape index (κ2) is 7.43. The van der Waals surface area contributed by atoms with Crippen molar-refractivity contribution in [3.8, 4) is 5.75 Å². The van der Waals surface area contributed by atoms with E-state index in [1.807, 2.05) is 37.3 Å². The van der Waals surface area contributed by atoms with Crippen LogP contribution in [0.15, 0.2) is 36.5 Å². The fourth-order valence-electron chi connectivity index (χ4n) is 2.33. The van der Waals surface area contributed by atoms with Crippen molar-refractivity contribution in [3.63, 3.8) is 0 Å². The maximum Gasteiger partial charge on any atom is 0.142 e. The number of benzene rings is 1. The SMILES string of the molecule is CCCNC(c1cccc(C)c1Cl)c1ncccc1OC. The summed E-state index contributed by atoms with van der Waals surface area (Å²) in [5.41, 5.74) is 2.95. The predicted octanol–water partition coefficient (Wildman–Crippen LogP) is 4.14. The van der Waals surface area contributed by atoms with Gasteiger partial charge in [0.05, 0.1) is 13.2 Å². The van der Waals surface area contributed by atoms with E-state index >= 15 is 0 Å². The molecule has 1 atom stereocenters. The Kier molecular flexibility index (Phi) is 5.59. The lowest BCUT2D eigenvalue weighted by atomic mass is 10.00. The van der Waals surface area contributed by atoms with E-state index in [0.717, 1.165) is 40.6 Å². The van der Waals surface area contributed by atoms with Crippen molar-refractivity contribution in [1.29, 1.82) is 0 Å². The summed E-state index contributed by atoms with van der Waals surface area (Å²) in [6.07, 6.45) is 2.82.